The van der Waals surface area contributed by atoms with Crippen molar-refractivity contribution in [2.45, 2.75) is 13.8 Å². The number of allylic oxidation sites excluding steroid dienone is 1. The van der Waals surface area contributed by atoms with Crippen LogP contribution in [-0.2, 0) is 0 Å². The average molecular weight is 300 g/mol. The minimum Gasteiger partial charge on any atom is -0.465 e. The predicted molar refractivity (Wildman–Crippen MR) is 94.0 cm³/mol. The van der Waals surface area contributed by atoms with Crippen LogP contribution in [0.3, 0.4) is 0 Å². The fourth-order valence-corrected chi connectivity index (χ4v) is 2.25. The van der Waals surface area contributed by atoms with E-state index >= 15 is 0 Å². The van der Waals surface area contributed by atoms with Crippen LogP contribution in [0.2, 0.25) is 0 Å². The van der Waals surface area contributed by atoms with Crippen molar-refractivity contribution in [2.75, 3.05) is 29.4 Å². The lowest BCUT2D eigenvalue weighted by atomic mass is 10.1. The van der Waals surface area contributed by atoms with E-state index in [2.05, 4.69) is 18.1 Å². The number of benzene rings is 1. The van der Waals surface area contributed by atoms with E-state index in [9.17, 15) is 9.90 Å². The Morgan fingerprint density at radius 1 is 1.23 bits per heavy atom. The van der Waals surface area contributed by atoms with E-state index in [-0.39, 0.29) is 0 Å². The van der Waals surface area contributed by atoms with Crippen molar-refractivity contribution < 1.29 is 9.90 Å². The largest absolute Gasteiger partial charge is 0.465 e. The predicted octanol–water partition coefficient (Wildman–Crippen LogP) is 4.23. The van der Waals surface area contributed by atoms with Crippen molar-refractivity contribution in [1.82, 2.24) is 0 Å². The molecule has 1 rings (SSSR count). The van der Waals surface area contributed by atoms with E-state index in [1.54, 1.807) is 0 Å². The molecule has 0 aliphatic carbocycles. The van der Waals surface area contributed by atoms with Crippen molar-refractivity contribution in [1.29, 1.82) is 0 Å². The van der Waals surface area contributed by atoms with E-state index in [1.807, 2.05) is 56.4 Å². The number of aryl methyl sites for hydroxylation is 1. The second kappa shape index (κ2) is 8.72. The van der Waals surface area contributed by atoms with Gasteiger partial charge < -0.3 is 10.0 Å². The molecule has 0 aromatic heterocycles. The summed E-state index contributed by atoms with van der Waals surface area (Å²) in [6, 6.07) is 5.68. The molecule has 4 heteroatoms. The van der Waals surface area contributed by atoms with Crippen molar-refractivity contribution in [2.24, 2.45) is 0 Å². The molecule has 22 heavy (non-hydrogen) atoms. The Hall–Kier alpha value is -2.49. The molecule has 0 radical (unpaired) electrons. The van der Waals surface area contributed by atoms with Gasteiger partial charge in [-0.15, -0.1) is 13.2 Å². The van der Waals surface area contributed by atoms with Crippen LogP contribution in [0, 0.1) is 6.92 Å². The number of carboxylic acid groups (broad SMARTS) is 1. The summed E-state index contributed by atoms with van der Waals surface area (Å²) in [6.07, 6.45) is 6.38. The van der Waals surface area contributed by atoms with Gasteiger partial charge in [0.15, 0.2) is 0 Å². The fourth-order valence-electron chi connectivity index (χ4n) is 2.25. The van der Waals surface area contributed by atoms with Gasteiger partial charge in [-0.3, -0.25) is 4.90 Å². The molecule has 1 aromatic carbocycles. The van der Waals surface area contributed by atoms with Gasteiger partial charge in [0.2, 0.25) is 0 Å². The first-order valence-electron chi connectivity index (χ1n) is 7.24. The van der Waals surface area contributed by atoms with Gasteiger partial charge in [-0.1, -0.05) is 24.3 Å². The van der Waals surface area contributed by atoms with E-state index in [0.29, 0.717) is 25.3 Å². The third-order valence-corrected chi connectivity index (χ3v) is 3.29. The third-order valence-electron chi connectivity index (χ3n) is 3.29. The number of amides is 1. The monoisotopic (exact) mass is 300 g/mol. The highest BCUT2D eigenvalue weighted by Crippen LogP contribution is 2.26. The molecule has 0 fully saturated rings. The van der Waals surface area contributed by atoms with Crippen LogP contribution in [0.4, 0.5) is 16.2 Å². The highest BCUT2D eigenvalue weighted by Gasteiger charge is 2.15. The zero-order valence-corrected chi connectivity index (χ0v) is 13.3. The number of rotatable bonds is 8. The van der Waals surface area contributed by atoms with Crippen molar-refractivity contribution >= 4 is 17.5 Å². The number of hydrogen-bond donors (Lipinski definition) is 1. The minimum absolute atomic E-state index is 0.341. The van der Waals surface area contributed by atoms with Crippen molar-refractivity contribution in [3.63, 3.8) is 0 Å². The van der Waals surface area contributed by atoms with Crippen LogP contribution < -0.4 is 9.80 Å². The molecule has 0 saturated heterocycles. The highest BCUT2D eigenvalue weighted by atomic mass is 16.4. The summed E-state index contributed by atoms with van der Waals surface area (Å²) in [4.78, 5) is 14.9. The molecule has 1 N–H and O–H groups in total. The zero-order valence-electron chi connectivity index (χ0n) is 13.3. The second-order valence-corrected chi connectivity index (χ2v) is 4.92. The molecule has 118 valence electrons. The van der Waals surface area contributed by atoms with E-state index in [0.717, 1.165) is 11.3 Å². The van der Waals surface area contributed by atoms with Gasteiger partial charge in [-0.05, 0) is 37.6 Å². The molecule has 0 unspecified atom stereocenters. The third kappa shape index (κ3) is 4.52. The summed E-state index contributed by atoms with van der Waals surface area (Å²) in [6.45, 7) is 13.2. The Morgan fingerprint density at radius 2 is 1.86 bits per heavy atom. The summed E-state index contributed by atoms with van der Waals surface area (Å²) in [5, 5.41) is 9.35. The summed E-state index contributed by atoms with van der Waals surface area (Å²) < 4.78 is 0. The molecule has 1 aromatic rings. The SMILES string of the molecule is C=CCN(CC=C)c1ccc(N(CC=CC)C(=O)O)cc1C. The van der Waals surface area contributed by atoms with E-state index in [1.165, 1.54) is 4.90 Å². The van der Waals surface area contributed by atoms with Gasteiger partial charge >= 0.3 is 6.09 Å². The lowest BCUT2D eigenvalue weighted by Crippen LogP contribution is -2.29. The van der Waals surface area contributed by atoms with Crippen LogP contribution >= 0.6 is 0 Å². The quantitative estimate of drug-likeness (QED) is 0.730. The summed E-state index contributed by atoms with van der Waals surface area (Å²) in [5.41, 5.74) is 2.75. The van der Waals surface area contributed by atoms with Crippen LogP contribution in [-0.4, -0.2) is 30.8 Å². The number of hydrogen-bond acceptors (Lipinski definition) is 2. The van der Waals surface area contributed by atoms with Crippen LogP contribution in [0.5, 0.6) is 0 Å². The second-order valence-electron chi connectivity index (χ2n) is 4.92. The first-order valence-corrected chi connectivity index (χ1v) is 7.24. The number of nitrogens with zero attached hydrogens (tertiary/aromatic N) is 2. The van der Waals surface area contributed by atoms with Gasteiger partial charge in [0, 0.05) is 31.0 Å². The maximum absolute atomic E-state index is 11.4. The lowest BCUT2D eigenvalue weighted by molar-refractivity contribution is 0.202. The average Bonchev–Trinajstić information content (AvgIpc) is 2.47. The Bertz CT molecular complexity index is 554. The number of carbonyl (C=O) groups is 1. The van der Waals surface area contributed by atoms with Gasteiger partial charge in [0.1, 0.15) is 0 Å². The molecule has 0 bridgehead atoms. The van der Waals surface area contributed by atoms with Crippen LogP contribution in [0.1, 0.15) is 12.5 Å². The first-order chi connectivity index (χ1) is 10.5. The molecular formula is C18H24N2O2. The summed E-state index contributed by atoms with van der Waals surface area (Å²) in [5.74, 6) is 0. The van der Waals surface area contributed by atoms with Gasteiger partial charge in [-0.25, -0.2) is 4.79 Å². The summed E-state index contributed by atoms with van der Waals surface area (Å²) >= 11 is 0. The van der Waals surface area contributed by atoms with Crippen LogP contribution in [0.25, 0.3) is 0 Å². The maximum atomic E-state index is 11.4. The zero-order chi connectivity index (χ0) is 16.5. The maximum Gasteiger partial charge on any atom is 0.412 e. The fraction of sp³-hybridized carbons (Fsp3) is 0.278. The molecule has 0 atom stereocenters. The molecule has 0 spiro atoms. The summed E-state index contributed by atoms with van der Waals surface area (Å²) in [7, 11) is 0. The van der Waals surface area contributed by atoms with Gasteiger partial charge in [-0.2, -0.15) is 0 Å². The standard InChI is InChI=1S/C18H24N2O2/c1-5-8-13-20(18(21)22)16-9-10-17(15(4)14-16)19(11-6-2)12-7-3/h5-10,14H,2-3,11-13H2,1,4H3,(H,21,22). The molecule has 4 nitrogen and oxygen atoms in total. The molecule has 0 aliphatic heterocycles. The minimum atomic E-state index is -0.959. The number of anilines is 2. The van der Waals surface area contributed by atoms with Gasteiger partial charge in [0.25, 0.3) is 0 Å². The van der Waals surface area contributed by atoms with Crippen LogP contribution in [0.15, 0.2) is 55.7 Å². The topological polar surface area (TPSA) is 43.8 Å². The smallest absolute Gasteiger partial charge is 0.412 e. The molecular weight excluding hydrogens is 276 g/mol. The normalized spacial score (nSPS) is 10.5. The first kappa shape index (κ1) is 17.6. The molecule has 0 aliphatic rings. The lowest BCUT2D eigenvalue weighted by Gasteiger charge is -2.25. The molecule has 1 amide bonds. The Morgan fingerprint density at radius 3 is 2.32 bits per heavy atom. The highest BCUT2D eigenvalue weighted by molar-refractivity contribution is 5.87. The van der Waals surface area contributed by atoms with E-state index < -0.39 is 6.09 Å². The Labute approximate surface area is 132 Å². The molecule has 0 saturated carbocycles. The van der Waals surface area contributed by atoms with Gasteiger partial charge in [0.05, 0.1) is 0 Å². The molecule has 0 heterocycles. The van der Waals surface area contributed by atoms with E-state index in [4.69, 9.17) is 0 Å². The Balaban J connectivity index is 3.11. The van der Waals surface area contributed by atoms with Crippen molar-refractivity contribution in [3.8, 4) is 0 Å². The van der Waals surface area contributed by atoms with Crippen molar-refractivity contribution in [3.05, 3.63) is 61.2 Å². The Kier molecular flexibility index (Phi) is 6.96.